The summed E-state index contributed by atoms with van der Waals surface area (Å²) in [6.07, 6.45) is 7.03. The van der Waals surface area contributed by atoms with Crippen LogP contribution in [0, 0.1) is 0 Å². The summed E-state index contributed by atoms with van der Waals surface area (Å²) in [5, 5.41) is 13.0. The van der Waals surface area contributed by atoms with Crippen LogP contribution in [-0.4, -0.2) is 30.3 Å². The molecule has 1 aromatic heterocycles. The van der Waals surface area contributed by atoms with Gasteiger partial charge in [-0.25, -0.2) is 0 Å². The minimum Gasteiger partial charge on any atom is -0.496 e. The maximum absolute atomic E-state index is 12.8. The van der Waals surface area contributed by atoms with Gasteiger partial charge < -0.3 is 9.47 Å². The second kappa shape index (κ2) is 8.03. The van der Waals surface area contributed by atoms with E-state index in [-0.39, 0.29) is 11.3 Å². The summed E-state index contributed by atoms with van der Waals surface area (Å²) in [5.74, 6) is 0.618. The third-order valence-electron chi connectivity index (χ3n) is 5.04. The molecule has 3 rings (SSSR count). The van der Waals surface area contributed by atoms with E-state index in [0.29, 0.717) is 22.2 Å². The Balaban J connectivity index is 1.83. The smallest absolute Gasteiger partial charge is 0.265 e. The fourth-order valence-corrected chi connectivity index (χ4v) is 4.84. The zero-order chi connectivity index (χ0) is 18.6. The normalized spacial score (nSPS) is 15.7. The van der Waals surface area contributed by atoms with Crippen LogP contribution < -0.4 is 14.8 Å². The lowest BCUT2D eigenvalue weighted by Gasteiger charge is -2.25. The lowest BCUT2D eigenvalue weighted by molar-refractivity contribution is 0.102. The number of methoxy groups -OCH3 is 2. The average Bonchev–Trinajstić information content (AvgIpc) is 3.31. The second-order valence-electron chi connectivity index (χ2n) is 6.64. The molecule has 0 radical (unpaired) electrons. The minimum absolute atomic E-state index is 0.136. The van der Waals surface area contributed by atoms with Crippen molar-refractivity contribution < 1.29 is 14.3 Å². The maximum Gasteiger partial charge on any atom is 0.265 e. The van der Waals surface area contributed by atoms with Crippen molar-refractivity contribution in [1.82, 2.24) is 10.2 Å². The van der Waals surface area contributed by atoms with Crippen LogP contribution in [0.5, 0.6) is 11.5 Å². The van der Waals surface area contributed by atoms with Crippen LogP contribution in [0.1, 0.15) is 60.8 Å². The van der Waals surface area contributed by atoms with Crippen molar-refractivity contribution in [1.29, 1.82) is 0 Å². The molecule has 140 valence electrons. The first-order chi connectivity index (χ1) is 12.6. The molecule has 1 heterocycles. The van der Waals surface area contributed by atoms with E-state index in [2.05, 4.69) is 22.4 Å². The van der Waals surface area contributed by atoms with E-state index >= 15 is 0 Å². The van der Waals surface area contributed by atoms with E-state index in [1.165, 1.54) is 38.4 Å². The molecule has 0 bridgehead atoms. The monoisotopic (exact) mass is 375 g/mol. The molecule has 1 amide bonds. The summed E-state index contributed by atoms with van der Waals surface area (Å²) in [4.78, 5) is 12.8. The molecule has 2 aromatic rings. The average molecular weight is 375 g/mol. The van der Waals surface area contributed by atoms with Gasteiger partial charge in [0.15, 0.2) is 0 Å². The molecule has 1 N–H and O–H groups in total. The third kappa shape index (κ3) is 3.53. The predicted molar refractivity (Wildman–Crippen MR) is 102 cm³/mol. The molecule has 6 nitrogen and oxygen atoms in total. The van der Waals surface area contributed by atoms with E-state index < -0.39 is 0 Å². The van der Waals surface area contributed by atoms with Gasteiger partial charge in [0.05, 0.1) is 14.2 Å². The zero-order valence-electron chi connectivity index (χ0n) is 15.5. The van der Waals surface area contributed by atoms with Gasteiger partial charge in [-0.05, 0) is 31.4 Å². The van der Waals surface area contributed by atoms with Gasteiger partial charge in [-0.2, -0.15) is 0 Å². The number of anilines is 1. The number of carbonyl (C=O) groups is 1. The Labute approximate surface area is 157 Å². The number of hydrogen-bond acceptors (Lipinski definition) is 6. The van der Waals surface area contributed by atoms with Gasteiger partial charge in [-0.15, -0.1) is 10.2 Å². The number of nitrogens with zero attached hydrogens (tertiary/aromatic N) is 2. The molecule has 1 aliphatic rings. The van der Waals surface area contributed by atoms with Crippen LogP contribution in [0.3, 0.4) is 0 Å². The van der Waals surface area contributed by atoms with E-state index in [4.69, 9.17) is 9.47 Å². The second-order valence-corrected chi connectivity index (χ2v) is 7.62. The van der Waals surface area contributed by atoms with Gasteiger partial charge in [0.2, 0.25) is 5.13 Å². The zero-order valence-corrected chi connectivity index (χ0v) is 16.3. The van der Waals surface area contributed by atoms with Crippen LogP contribution >= 0.6 is 11.3 Å². The Bertz CT molecular complexity index is 747. The van der Waals surface area contributed by atoms with Crippen molar-refractivity contribution in [2.24, 2.45) is 0 Å². The number of carbonyl (C=O) groups excluding carboxylic acids is 1. The van der Waals surface area contributed by atoms with E-state index in [1.54, 1.807) is 18.2 Å². The molecule has 0 saturated heterocycles. The Hall–Kier alpha value is -2.15. The number of amides is 1. The SMILES string of the molecule is CCCC1(c2nnc(NC(=O)c3c(OC)cccc3OC)s2)CCCC1. The third-order valence-corrected chi connectivity index (χ3v) is 6.13. The van der Waals surface area contributed by atoms with Crippen molar-refractivity contribution in [3.05, 3.63) is 28.8 Å². The summed E-state index contributed by atoms with van der Waals surface area (Å²) in [6.45, 7) is 2.21. The predicted octanol–water partition coefficient (Wildman–Crippen LogP) is 4.42. The van der Waals surface area contributed by atoms with E-state index in [0.717, 1.165) is 30.7 Å². The van der Waals surface area contributed by atoms with Gasteiger partial charge in [-0.3, -0.25) is 10.1 Å². The molecule has 1 aliphatic carbocycles. The fourth-order valence-electron chi connectivity index (χ4n) is 3.82. The molecule has 1 fully saturated rings. The molecule has 0 spiro atoms. The Morgan fingerprint density at radius 2 is 1.85 bits per heavy atom. The van der Waals surface area contributed by atoms with Crippen molar-refractivity contribution in [3.63, 3.8) is 0 Å². The van der Waals surface area contributed by atoms with Gasteiger partial charge in [0, 0.05) is 5.41 Å². The first-order valence-electron chi connectivity index (χ1n) is 9.00. The molecule has 0 unspecified atom stereocenters. The maximum atomic E-state index is 12.8. The van der Waals surface area contributed by atoms with Gasteiger partial charge in [-0.1, -0.05) is 43.6 Å². The van der Waals surface area contributed by atoms with Crippen LogP contribution in [0.2, 0.25) is 0 Å². The van der Waals surface area contributed by atoms with Crippen LogP contribution in [0.25, 0.3) is 0 Å². The Morgan fingerprint density at radius 3 is 2.42 bits per heavy atom. The van der Waals surface area contributed by atoms with Crippen LogP contribution in [0.4, 0.5) is 5.13 Å². The lowest BCUT2D eigenvalue weighted by Crippen LogP contribution is -2.21. The molecule has 7 heteroatoms. The van der Waals surface area contributed by atoms with E-state index in [9.17, 15) is 4.79 Å². The highest BCUT2D eigenvalue weighted by Gasteiger charge is 2.38. The molecule has 1 saturated carbocycles. The van der Waals surface area contributed by atoms with Crippen molar-refractivity contribution in [3.8, 4) is 11.5 Å². The first-order valence-corrected chi connectivity index (χ1v) is 9.81. The van der Waals surface area contributed by atoms with Crippen LogP contribution in [-0.2, 0) is 5.41 Å². The highest BCUT2D eigenvalue weighted by molar-refractivity contribution is 7.15. The molecular weight excluding hydrogens is 350 g/mol. The van der Waals surface area contributed by atoms with Gasteiger partial charge >= 0.3 is 0 Å². The quantitative estimate of drug-likeness (QED) is 0.775. The summed E-state index contributed by atoms with van der Waals surface area (Å²) >= 11 is 1.48. The Kier molecular flexibility index (Phi) is 5.76. The minimum atomic E-state index is -0.307. The number of aromatic nitrogens is 2. The number of ether oxygens (including phenoxy) is 2. The molecule has 26 heavy (non-hydrogen) atoms. The van der Waals surface area contributed by atoms with Crippen molar-refractivity contribution in [2.45, 2.75) is 50.9 Å². The number of nitrogens with one attached hydrogen (secondary N) is 1. The molecule has 0 atom stereocenters. The number of benzene rings is 1. The number of hydrogen-bond donors (Lipinski definition) is 1. The largest absolute Gasteiger partial charge is 0.496 e. The van der Waals surface area contributed by atoms with E-state index in [1.807, 2.05) is 0 Å². The van der Waals surface area contributed by atoms with Crippen molar-refractivity contribution >= 4 is 22.4 Å². The fraction of sp³-hybridized carbons (Fsp3) is 0.526. The van der Waals surface area contributed by atoms with Gasteiger partial charge in [0.25, 0.3) is 5.91 Å². The molecule has 0 aliphatic heterocycles. The molecule has 1 aromatic carbocycles. The molecular formula is C19H25N3O3S. The number of rotatable bonds is 7. The van der Waals surface area contributed by atoms with Crippen LogP contribution in [0.15, 0.2) is 18.2 Å². The first kappa shape index (κ1) is 18.6. The highest BCUT2D eigenvalue weighted by atomic mass is 32.1. The highest BCUT2D eigenvalue weighted by Crippen LogP contribution is 2.46. The lowest BCUT2D eigenvalue weighted by atomic mass is 9.82. The summed E-state index contributed by atoms with van der Waals surface area (Å²) < 4.78 is 10.6. The topological polar surface area (TPSA) is 73.3 Å². The van der Waals surface area contributed by atoms with Gasteiger partial charge in [0.1, 0.15) is 22.1 Å². The summed E-state index contributed by atoms with van der Waals surface area (Å²) in [6, 6.07) is 5.25. The standard InChI is InChI=1S/C19H25N3O3S/c1-4-10-19(11-5-6-12-19)17-21-22-18(26-17)20-16(23)15-13(24-2)8-7-9-14(15)25-3/h7-9H,4-6,10-12H2,1-3H3,(H,20,22,23). The summed E-state index contributed by atoms with van der Waals surface area (Å²) in [7, 11) is 3.06. The summed E-state index contributed by atoms with van der Waals surface area (Å²) in [5.41, 5.74) is 0.496. The van der Waals surface area contributed by atoms with Crippen molar-refractivity contribution in [2.75, 3.05) is 19.5 Å². The Morgan fingerprint density at radius 1 is 1.19 bits per heavy atom.